The molecule has 100 valence electrons. The topological polar surface area (TPSA) is 74.5 Å². The number of hydrogen-bond acceptors (Lipinski definition) is 6. The fraction of sp³-hybridized carbons (Fsp3) is 0.308. The summed E-state index contributed by atoms with van der Waals surface area (Å²) >= 11 is 0. The van der Waals surface area contributed by atoms with Crippen LogP contribution in [0, 0.1) is 6.92 Å². The highest BCUT2D eigenvalue weighted by Crippen LogP contribution is 2.26. The number of rotatable bonds is 5. The number of ketones is 1. The van der Waals surface area contributed by atoms with E-state index in [0.29, 0.717) is 28.8 Å². The van der Waals surface area contributed by atoms with E-state index in [-0.39, 0.29) is 12.4 Å². The largest absolute Gasteiger partial charge is 0.497 e. The van der Waals surface area contributed by atoms with Crippen molar-refractivity contribution in [1.82, 2.24) is 10.2 Å². The Balaban J connectivity index is 2.19. The molecule has 0 unspecified atom stereocenters. The summed E-state index contributed by atoms with van der Waals surface area (Å²) in [6, 6.07) is 5.02. The fourth-order valence-corrected chi connectivity index (χ4v) is 1.58. The molecule has 1 heterocycles. The first kappa shape index (κ1) is 13.1. The molecule has 0 saturated heterocycles. The standard InChI is InChI=1S/C13H14N2O4/c1-8(16)11-5-4-10(17-3)6-12(11)18-7-13-15-14-9(2)19-13/h4-6H,7H2,1-3H3. The average Bonchev–Trinajstić information content (AvgIpc) is 2.81. The maximum Gasteiger partial charge on any atom is 0.253 e. The lowest BCUT2D eigenvalue weighted by Crippen LogP contribution is -2.02. The van der Waals surface area contributed by atoms with E-state index in [9.17, 15) is 4.79 Å². The first-order valence-electron chi connectivity index (χ1n) is 5.71. The molecule has 0 aliphatic rings. The summed E-state index contributed by atoms with van der Waals surface area (Å²) in [4.78, 5) is 11.5. The van der Waals surface area contributed by atoms with Crippen molar-refractivity contribution in [2.75, 3.05) is 7.11 Å². The molecule has 0 radical (unpaired) electrons. The lowest BCUT2D eigenvalue weighted by molar-refractivity contribution is 0.101. The average molecular weight is 262 g/mol. The first-order valence-corrected chi connectivity index (χ1v) is 5.71. The van der Waals surface area contributed by atoms with Gasteiger partial charge in [0.05, 0.1) is 12.7 Å². The summed E-state index contributed by atoms with van der Waals surface area (Å²) in [6.07, 6.45) is 0. The molecule has 19 heavy (non-hydrogen) atoms. The predicted molar refractivity (Wildman–Crippen MR) is 66.4 cm³/mol. The van der Waals surface area contributed by atoms with Crippen molar-refractivity contribution in [1.29, 1.82) is 0 Å². The van der Waals surface area contributed by atoms with E-state index in [1.807, 2.05) is 0 Å². The number of ether oxygens (including phenoxy) is 2. The van der Waals surface area contributed by atoms with Gasteiger partial charge in [-0.05, 0) is 19.1 Å². The summed E-state index contributed by atoms with van der Waals surface area (Å²) in [6.45, 7) is 3.28. The van der Waals surface area contributed by atoms with Gasteiger partial charge in [0.15, 0.2) is 12.4 Å². The van der Waals surface area contributed by atoms with E-state index in [2.05, 4.69) is 10.2 Å². The van der Waals surface area contributed by atoms with E-state index in [0.717, 1.165) is 0 Å². The van der Waals surface area contributed by atoms with E-state index in [1.54, 1.807) is 32.2 Å². The van der Waals surface area contributed by atoms with Crippen LogP contribution in [-0.4, -0.2) is 23.1 Å². The summed E-state index contributed by atoms with van der Waals surface area (Å²) in [7, 11) is 1.55. The fourth-order valence-electron chi connectivity index (χ4n) is 1.58. The molecule has 1 aromatic carbocycles. The molecule has 0 atom stereocenters. The summed E-state index contributed by atoms with van der Waals surface area (Å²) in [5.41, 5.74) is 0.483. The monoisotopic (exact) mass is 262 g/mol. The molecule has 2 aromatic rings. The molecule has 0 N–H and O–H groups in total. The molecule has 0 aliphatic heterocycles. The van der Waals surface area contributed by atoms with Crippen LogP contribution in [0.2, 0.25) is 0 Å². The lowest BCUT2D eigenvalue weighted by atomic mass is 10.1. The zero-order valence-electron chi connectivity index (χ0n) is 11.0. The lowest BCUT2D eigenvalue weighted by Gasteiger charge is -2.09. The Morgan fingerprint density at radius 1 is 1.37 bits per heavy atom. The third-order valence-electron chi connectivity index (χ3n) is 2.49. The second-order valence-electron chi connectivity index (χ2n) is 3.92. The van der Waals surface area contributed by atoms with Crippen molar-refractivity contribution in [2.45, 2.75) is 20.5 Å². The van der Waals surface area contributed by atoms with E-state index >= 15 is 0 Å². The number of aromatic nitrogens is 2. The van der Waals surface area contributed by atoms with E-state index in [1.165, 1.54) is 6.92 Å². The van der Waals surface area contributed by atoms with Gasteiger partial charge >= 0.3 is 0 Å². The Morgan fingerprint density at radius 3 is 2.74 bits per heavy atom. The minimum atomic E-state index is -0.0839. The molecule has 0 aliphatic carbocycles. The first-order chi connectivity index (χ1) is 9.10. The van der Waals surface area contributed by atoms with Crippen LogP contribution in [0.25, 0.3) is 0 Å². The number of carbonyl (C=O) groups excluding carboxylic acids is 1. The second kappa shape index (κ2) is 5.51. The Hall–Kier alpha value is -2.37. The van der Waals surface area contributed by atoms with Crippen LogP contribution in [0.15, 0.2) is 22.6 Å². The van der Waals surface area contributed by atoms with Gasteiger partial charge in [0, 0.05) is 13.0 Å². The second-order valence-corrected chi connectivity index (χ2v) is 3.92. The zero-order valence-corrected chi connectivity index (χ0v) is 11.0. The molecular weight excluding hydrogens is 248 g/mol. The van der Waals surface area contributed by atoms with Crippen LogP contribution in [0.1, 0.15) is 29.1 Å². The predicted octanol–water partition coefficient (Wildman–Crippen LogP) is 2.17. The summed E-state index contributed by atoms with van der Waals surface area (Å²) < 4.78 is 15.8. The molecular formula is C13H14N2O4. The van der Waals surface area contributed by atoms with E-state index < -0.39 is 0 Å². The van der Waals surface area contributed by atoms with Gasteiger partial charge in [0.2, 0.25) is 5.89 Å². The van der Waals surface area contributed by atoms with Crippen LogP contribution in [0.3, 0.4) is 0 Å². The van der Waals surface area contributed by atoms with Crippen LogP contribution in [0.4, 0.5) is 0 Å². The zero-order chi connectivity index (χ0) is 13.8. The molecule has 0 spiro atoms. The highest BCUT2D eigenvalue weighted by Gasteiger charge is 2.11. The molecule has 6 heteroatoms. The van der Waals surface area contributed by atoms with Gasteiger partial charge in [-0.25, -0.2) is 0 Å². The number of benzene rings is 1. The van der Waals surface area contributed by atoms with Gasteiger partial charge in [0.1, 0.15) is 11.5 Å². The third-order valence-corrected chi connectivity index (χ3v) is 2.49. The van der Waals surface area contributed by atoms with E-state index in [4.69, 9.17) is 13.9 Å². The molecule has 6 nitrogen and oxygen atoms in total. The SMILES string of the molecule is COc1ccc(C(C)=O)c(OCc2nnc(C)o2)c1. The summed E-state index contributed by atoms with van der Waals surface area (Å²) in [5, 5.41) is 7.52. The van der Waals surface area contributed by atoms with Crippen LogP contribution < -0.4 is 9.47 Å². The quantitative estimate of drug-likeness (QED) is 0.769. The highest BCUT2D eigenvalue weighted by molar-refractivity contribution is 5.97. The van der Waals surface area contributed by atoms with Crippen molar-refractivity contribution in [3.63, 3.8) is 0 Å². The third kappa shape index (κ3) is 3.09. The Labute approximate surface area is 110 Å². The van der Waals surface area contributed by atoms with Gasteiger partial charge in [-0.1, -0.05) is 0 Å². The Kier molecular flexibility index (Phi) is 3.79. The number of carbonyl (C=O) groups is 1. The van der Waals surface area contributed by atoms with Gasteiger partial charge in [-0.3, -0.25) is 4.79 Å². The number of nitrogens with zero attached hydrogens (tertiary/aromatic N) is 2. The number of Topliss-reactive ketones (excluding diaryl/α,β-unsaturated/α-hetero) is 1. The molecule has 0 fully saturated rings. The van der Waals surface area contributed by atoms with Crippen molar-refractivity contribution < 1.29 is 18.7 Å². The van der Waals surface area contributed by atoms with Crippen LogP contribution in [0.5, 0.6) is 11.5 Å². The minimum absolute atomic E-state index is 0.0839. The summed E-state index contributed by atoms with van der Waals surface area (Å²) in [5.74, 6) is 1.79. The molecule has 0 bridgehead atoms. The Morgan fingerprint density at radius 2 is 2.16 bits per heavy atom. The number of aryl methyl sites for hydroxylation is 1. The maximum atomic E-state index is 11.5. The smallest absolute Gasteiger partial charge is 0.253 e. The van der Waals surface area contributed by atoms with Crippen molar-refractivity contribution in [3.8, 4) is 11.5 Å². The van der Waals surface area contributed by atoms with Crippen molar-refractivity contribution in [2.24, 2.45) is 0 Å². The maximum absolute atomic E-state index is 11.5. The minimum Gasteiger partial charge on any atom is -0.497 e. The van der Waals surface area contributed by atoms with Gasteiger partial charge in [-0.2, -0.15) is 0 Å². The van der Waals surface area contributed by atoms with Crippen LogP contribution >= 0.6 is 0 Å². The number of hydrogen-bond donors (Lipinski definition) is 0. The van der Waals surface area contributed by atoms with Crippen molar-refractivity contribution in [3.05, 3.63) is 35.5 Å². The van der Waals surface area contributed by atoms with Gasteiger partial charge in [-0.15, -0.1) is 10.2 Å². The van der Waals surface area contributed by atoms with Gasteiger partial charge in [0.25, 0.3) is 5.89 Å². The normalized spacial score (nSPS) is 10.3. The Bertz CT molecular complexity index is 592. The number of methoxy groups -OCH3 is 1. The van der Waals surface area contributed by atoms with Crippen molar-refractivity contribution >= 4 is 5.78 Å². The highest BCUT2D eigenvalue weighted by atomic mass is 16.5. The molecule has 0 saturated carbocycles. The molecule has 0 amide bonds. The van der Waals surface area contributed by atoms with Gasteiger partial charge < -0.3 is 13.9 Å². The van der Waals surface area contributed by atoms with Crippen LogP contribution in [-0.2, 0) is 6.61 Å². The molecule has 2 rings (SSSR count). The molecule has 1 aromatic heterocycles.